The maximum atomic E-state index is 11.7. The van der Waals surface area contributed by atoms with Crippen LogP contribution >= 0.6 is 0 Å². The van der Waals surface area contributed by atoms with Crippen molar-refractivity contribution >= 4 is 11.4 Å². The van der Waals surface area contributed by atoms with Gasteiger partial charge in [-0.05, 0) is 17.7 Å². The summed E-state index contributed by atoms with van der Waals surface area (Å²) in [4.78, 5) is 13.7. The Morgan fingerprint density at radius 3 is 2.60 bits per heavy atom. The number of ketones is 1. The van der Waals surface area contributed by atoms with Gasteiger partial charge in [0.2, 0.25) is 0 Å². The van der Waals surface area contributed by atoms with Crippen LogP contribution in [0.25, 0.3) is 5.57 Å². The SMILES string of the molecule is CN1C=C(c2ccc(O)cc2)C(=O)CC1. The first kappa shape index (κ1) is 9.77. The second-order valence-corrected chi connectivity index (χ2v) is 3.74. The molecule has 0 saturated carbocycles. The minimum Gasteiger partial charge on any atom is -0.508 e. The van der Waals surface area contributed by atoms with Gasteiger partial charge >= 0.3 is 0 Å². The van der Waals surface area contributed by atoms with Gasteiger partial charge in [-0.1, -0.05) is 12.1 Å². The number of Topliss-reactive ketones (excluding diaryl/α,β-unsaturated/α-hetero) is 1. The third-order valence-electron chi connectivity index (χ3n) is 2.52. The summed E-state index contributed by atoms with van der Waals surface area (Å²) in [5.74, 6) is 0.384. The number of phenols is 1. The highest BCUT2D eigenvalue weighted by Crippen LogP contribution is 2.22. The second-order valence-electron chi connectivity index (χ2n) is 3.74. The summed E-state index contributed by atoms with van der Waals surface area (Å²) in [6, 6.07) is 6.71. The van der Waals surface area contributed by atoms with E-state index in [2.05, 4.69) is 0 Å². The van der Waals surface area contributed by atoms with Crippen LogP contribution in [0, 0.1) is 0 Å². The van der Waals surface area contributed by atoms with Crippen molar-refractivity contribution in [2.45, 2.75) is 6.42 Å². The molecule has 1 aromatic rings. The minimum absolute atomic E-state index is 0.166. The van der Waals surface area contributed by atoms with Crippen molar-refractivity contribution in [2.75, 3.05) is 13.6 Å². The zero-order chi connectivity index (χ0) is 10.8. The summed E-state index contributed by atoms with van der Waals surface area (Å²) in [6.45, 7) is 0.778. The molecule has 3 nitrogen and oxygen atoms in total. The molecule has 78 valence electrons. The molecule has 1 N–H and O–H groups in total. The molecule has 0 aliphatic carbocycles. The molecule has 0 unspecified atom stereocenters. The second kappa shape index (κ2) is 3.77. The monoisotopic (exact) mass is 203 g/mol. The van der Waals surface area contributed by atoms with Gasteiger partial charge in [-0.2, -0.15) is 0 Å². The molecule has 15 heavy (non-hydrogen) atoms. The third-order valence-corrected chi connectivity index (χ3v) is 2.52. The Kier molecular flexibility index (Phi) is 2.46. The summed E-state index contributed by atoms with van der Waals surface area (Å²) < 4.78 is 0. The summed E-state index contributed by atoms with van der Waals surface area (Å²) in [5.41, 5.74) is 1.59. The summed E-state index contributed by atoms with van der Waals surface area (Å²) in [7, 11) is 1.95. The van der Waals surface area contributed by atoms with Crippen molar-refractivity contribution in [2.24, 2.45) is 0 Å². The maximum absolute atomic E-state index is 11.7. The molecule has 0 atom stereocenters. The number of carbonyl (C=O) groups excluding carboxylic acids is 1. The van der Waals surface area contributed by atoms with Gasteiger partial charge in [-0.25, -0.2) is 0 Å². The van der Waals surface area contributed by atoms with Crippen molar-refractivity contribution < 1.29 is 9.90 Å². The average molecular weight is 203 g/mol. The average Bonchev–Trinajstić information content (AvgIpc) is 2.23. The number of aromatic hydroxyl groups is 1. The van der Waals surface area contributed by atoms with Crippen LogP contribution in [0.5, 0.6) is 5.75 Å². The Labute approximate surface area is 88.6 Å². The van der Waals surface area contributed by atoms with E-state index < -0.39 is 0 Å². The molecule has 0 bridgehead atoms. The number of carbonyl (C=O) groups is 1. The van der Waals surface area contributed by atoms with Crippen LogP contribution in [0.3, 0.4) is 0 Å². The summed E-state index contributed by atoms with van der Waals surface area (Å²) >= 11 is 0. The van der Waals surface area contributed by atoms with Crippen molar-refractivity contribution in [3.8, 4) is 5.75 Å². The van der Waals surface area contributed by atoms with Crippen molar-refractivity contribution in [3.63, 3.8) is 0 Å². The van der Waals surface area contributed by atoms with E-state index in [9.17, 15) is 4.79 Å². The van der Waals surface area contributed by atoms with E-state index in [-0.39, 0.29) is 11.5 Å². The quantitative estimate of drug-likeness (QED) is 0.754. The van der Waals surface area contributed by atoms with Gasteiger partial charge in [0.25, 0.3) is 0 Å². The molecule has 0 fully saturated rings. The van der Waals surface area contributed by atoms with Crippen LogP contribution in [0.15, 0.2) is 30.5 Å². The molecule has 1 aliphatic heterocycles. The van der Waals surface area contributed by atoms with Crippen LogP contribution in [-0.2, 0) is 4.79 Å². The predicted octanol–water partition coefficient (Wildman–Crippen LogP) is 1.64. The molecule has 0 aromatic heterocycles. The maximum Gasteiger partial charge on any atom is 0.166 e. The van der Waals surface area contributed by atoms with E-state index >= 15 is 0 Å². The first-order valence-electron chi connectivity index (χ1n) is 4.91. The molecular weight excluding hydrogens is 190 g/mol. The molecular formula is C12H13NO2. The fourth-order valence-electron chi connectivity index (χ4n) is 1.65. The Hall–Kier alpha value is -1.77. The van der Waals surface area contributed by atoms with Crippen LogP contribution in [0.1, 0.15) is 12.0 Å². The van der Waals surface area contributed by atoms with Crippen molar-refractivity contribution in [3.05, 3.63) is 36.0 Å². The Bertz CT molecular complexity index is 406. The first-order valence-corrected chi connectivity index (χ1v) is 4.91. The Morgan fingerprint density at radius 1 is 1.27 bits per heavy atom. The number of phenolic OH excluding ortho intramolecular Hbond substituents is 1. The topological polar surface area (TPSA) is 40.5 Å². The first-order chi connectivity index (χ1) is 7.16. The fourth-order valence-corrected chi connectivity index (χ4v) is 1.65. The van der Waals surface area contributed by atoms with E-state index in [1.54, 1.807) is 24.3 Å². The summed E-state index contributed by atoms with van der Waals surface area (Å²) in [6.07, 6.45) is 2.42. The lowest BCUT2D eigenvalue weighted by Gasteiger charge is -2.21. The Balaban J connectivity index is 2.37. The van der Waals surface area contributed by atoms with Gasteiger partial charge in [0.05, 0.1) is 0 Å². The number of nitrogens with zero attached hydrogens (tertiary/aromatic N) is 1. The summed E-state index contributed by atoms with van der Waals surface area (Å²) in [5, 5.41) is 9.16. The molecule has 0 spiro atoms. The van der Waals surface area contributed by atoms with Crippen LogP contribution in [0.4, 0.5) is 0 Å². The zero-order valence-corrected chi connectivity index (χ0v) is 8.60. The molecule has 0 amide bonds. The molecule has 3 heteroatoms. The van der Waals surface area contributed by atoms with E-state index in [1.165, 1.54) is 0 Å². The number of benzene rings is 1. The molecule has 0 saturated heterocycles. The smallest absolute Gasteiger partial charge is 0.166 e. The largest absolute Gasteiger partial charge is 0.508 e. The van der Waals surface area contributed by atoms with Gasteiger partial charge in [-0.3, -0.25) is 4.79 Å². The fraction of sp³-hybridized carbons (Fsp3) is 0.250. The third kappa shape index (κ3) is 2.01. The van der Waals surface area contributed by atoms with Gasteiger partial charge in [0, 0.05) is 31.8 Å². The lowest BCUT2D eigenvalue weighted by Crippen LogP contribution is -2.23. The lowest BCUT2D eigenvalue weighted by atomic mass is 9.98. The number of hydrogen-bond donors (Lipinski definition) is 1. The zero-order valence-electron chi connectivity index (χ0n) is 8.60. The highest BCUT2D eigenvalue weighted by molar-refractivity contribution is 6.21. The number of allylic oxidation sites excluding steroid dienone is 1. The molecule has 2 rings (SSSR count). The van der Waals surface area contributed by atoms with Crippen LogP contribution in [-0.4, -0.2) is 29.4 Å². The predicted molar refractivity (Wildman–Crippen MR) is 58.3 cm³/mol. The van der Waals surface area contributed by atoms with Crippen LogP contribution < -0.4 is 0 Å². The highest BCUT2D eigenvalue weighted by atomic mass is 16.3. The Morgan fingerprint density at radius 2 is 1.93 bits per heavy atom. The lowest BCUT2D eigenvalue weighted by molar-refractivity contribution is -0.114. The molecule has 1 aliphatic rings. The van der Waals surface area contributed by atoms with E-state index in [1.807, 2.05) is 18.1 Å². The molecule has 0 radical (unpaired) electrons. The van der Waals surface area contributed by atoms with Crippen molar-refractivity contribution in [1.29, 1.82) is 0 Å². The number of rotatable bonds is 1. The van der Waals surface area contributed by atoms with Gasteiger partial charge in [0.15, 0.2) is 5.78 Å². The van der Waals surface area contributed by atoms with Gasteiger partial charge < -0.3 is 10.0 Å². The van der Waals surface area contributed by atoms with E-state index in [4.69, 9.17) is 5.11 Å². The van der Waals surface area contributed by atoms with Crippen molar-refractivity contribution in [1.82, 2.24) is 4.90 Å². The van der Waals surface area contributed by atoms with Gasteiger partial charge in [0.1, 0.15) is 5.75 Å². The minimum atomic E-state index is 0.166. The van der Waals surface area contributed by atoms with Gasteiger partial charge in [-0.15, -0.1) is 0 Å². The standard InChI is InChI=1S/C12H13NO2/c1-13-7-6-12(15)11(8-13)9-2-4-10(14)5-3-9/h2-5,8,14H,6-7H2,1H3. The van der Waals surface area contributed by atoms with E-state index in [0.29, 0.717) is 6.42 Å². The van der Waals surface area contributed by atoms with Crippen LogP contribution in [0.2, 0.25) is 0 Å². The number of hydrogen-bond acceptors (Lipinski definition) is 3. The molecule has 1 heterocycles. The normalized spacial score (nSPS) is 16.5. The van der Waals surface area contributed by atoms with E-state index in [0.717, 1.165) is 17.7 Å². The highest BCUT2D eigenvalue weighted by Gasteiger charge is 2.17. The molecule has 1 aromatic carbocycles.